The molecule has 0 unspecified atom stereocenters. The third kappa shape index (κ3) is 4.48. The van der Waals surface area contributed by atoms with E-state index in [4.69, 9.17) is 16.4 Å². The van der Waals surface area contributed by atoms with Gasteiger partial charge in [-0.05, 0) is 60.6 Å². The van der Waals surface area contributed by atoms with Gasteiger partial charge in [0.15, 0.2) is 11.5 Å². The van der Waals surface area contributed by atoms with Crippen molar-refractivity contribution < 1.29 is 54.1 Å². The number of carbonyl (C=O) groups is 1. The average molecular weight is 530 g/mol. The number of benzene rings is 2. The lowest BCUT2D eigenvalue weighted by Crippen LogP contribution is -2.26. The van der Waals surface area contributed by atoms with Crippen LogP contribution in [0.25, 0.3) is 10.9 Å². The number of aromatic nitrogens is 1. The van der Waals surface area contributed by atoms with Crippen LogP contribution in [0, 0.1) is 5.82 Å². The molecule has 198 valence electrons. The van der Waals surface area contributed by atoms with Gasteiger partial charge in [-0.25, -0.2) is 4.39 Å². The highest BCUT2D eigenvalue weighted by molar-refractivity contribution is 5.95. The largest absolute Gasteiger partial charge is 0.586 e. The molecule has 9 heteroatoms. The summed E-state index contributed by atoms with van der Waals surface area (Å²) in [6, 6.07) is -0.369. The van der Waals surface area contributed by atoms with E-state index in [1.54, 1.807) is 6.92 Å². The molecule has 37 heavy (non-hydrogen) atoms. The van der Waals surface area contributed by atoms with Gasteiger partial charge in [0, 0.05) is 28.4 Å². The first-order chi connectivity index (χ1) is 22.0. The van der Waals surface area contributed by atoms with Crippen molar-refractivity contribution >= 4 is 16.7 Å². The molecular weight excluding hydrogens is 487 g/mol. The number of ether oxygens (including phenoxy) is 2. The Kier molecular flexibility index (Phi) is 3.50. The van der Waals surface area contributed by atoms with E-state index in [2.05, 4.69) is 9.47 Å². The van der Waals surface area contributed by atoms with E-state index >= 15 is 4.39 Å². The molecule has 0 spiro atoms. The third-order valence-corrected chi connectivity index (χ3v) is 6.51. The summed E-state index contributed by atoms with van der Waals surface area (Å²) in [4.78, 5) is 14.0. The van der Waals surface area contributed by atoms with Crippen LogP contribution in [-0.2, 0) is 28.5 Å². The molecular formula is C28H30F3NO5. The van der Waals surface area contributed by atoms with E-state index in [1.807, 2.05) is 0 Å². The van der Waals surface area contributed by atoms with Crippen molar-refractivity contribution in [1.82, 2.24) is 4.57 Å². The van der Waals surface area contributed by atoms with Gasteiger partial charge in [0.25, 0.3) is 0 Å². The molecule has 1 aromatic heterocycles. The summed E-state index contributed by atoms with van der Waals surface area (Å²) in [7, 11) is 0. The summed E-state index contributed by atoms with van der Waals surface area (Å²) in [5.41, 5.74) is -6.82. The van der Waals surface area contributed by atoms with Crippen molar-refractivity contribution in [3.05, 3.63) is 59.0 Å². The van der Waals surface area contributed by atoms with Crippen molar-refractivity contribution in [2.75, 3.05) is 6.56 Å². The number of rotatable bonds is 9. The first kappa shape index (κ1) is 14.8. The van der Waals surface area contributed by atoms with E-state index < -0.39 is 124 Å². The highest BCUT2D eigenvalue weighted by atomic mass is 19.3. The topological polar surface area (TPSA) is 80.9 Å². The van der Waals surface area contributed by atoms with Gasteiger partial charge in [-0.2, -0.15) is 0 Å². The minimum Gasteiger partial charge on any atom is -0.395 e. The minimum absolute atomic E-state index is 0.108. The molecule has 2 aromatic carbocycles. The summed E-state index contributed by atoms with van der Waals surface area (Å²) in [6.07, 6.45) is -15.3. The fourth-order valence-electron chi connectivity index (χ4n) is 4.04. The number of hydrogen-bond acceptors (Lipinski definition) is 5. The van der Waals surface area contributed by atoms with E-state index in [9.17, 15) is 23.8 Å². The van der Waals surface area contributed by atoms with Crippen LogP contribution in [0.15, 0.2) is 36.3 Å². The summed E-state index contributed by atoms with van der Waals surface area (Å²) >= 11 is 0. The Bertz CT molecular complexity index is 1910. The zero-order valence-corrected chi connectivity index (χ0v) is 19.8. The van der Waals surface area contributed by atoms with Crippen LogP contribution in [0.4, 0.5) is 13.2 Å². The molecule has 0 amide bonds. The number of hydrogen-bond donors (Lipinski definition) is 2. The van der Waals surface area contributed by atoms with Crippen LogP contribution < -0.4 is 9.47 Å². The van der Waals surface area contributed by atoms with E-state index in [0.29, 0.717) is 4.57 Å². The molecule has 0 radical (unpaired) electrons. The maximum atomic E-state index is 16.2. The second-order valence-corrected chi connectivity index (χ2v) is 9.31. The molecule has 6 nitrogen and oxygen atoms in total. The number of fused-ring (bicyclic) bond motifs is 2. The van der Waals surface area contributed by atoms with Crippen molar-refractivity contribution in [3.8, 4) is 11.5 Å². The molecule has 1 fully saturated rings. The van der Waals surface area contributed by atoms with Crippen molar-refractivity contribution in [2.45, 2.75) is 76.1 Å². The molecule has 1 aliphatic carbocycles. The Morgan fingerprint density at radius 3 is 2.65 bits per heavy atom. The minimum atomic E-state index is -4.11. The molecule has 3 aromatic rings. The Balaban J connectivity index is 1.75. The summed E-state index contributed by atoms with van der Waals surface area (Å²) < 4.78 is 153. The summed E-state index contributed by atoms with van der Waals surface area (Å²) in [6.45, 7) is -3.16. The van der Waals surface area contributed by atoms with Crippen molar-refractivity contribution in [2.24, 2.45) is 0 Å². The number of alkyl halides is 2. The van der Waals surface area contributed by atoms with Gasteiger partial charge in [0.05, 0.1) is 41.0 Å². The highest BCUT2D eigenvalue weighted by Crippen LogP contribution is 2.52. The molecule has 2 aliphatic rings. The second kappa shape index (κ2) is 8.77. The number of nitrogens with zero attached hydrogens (tertiary/aromatic N) is 1. The van der Waals surface area contributed by atoms with Gasteiger partial charge >= 0.3 is 6.29 Å². The van der Waals surface area contributed by atoms with E-state index in [1.165, 1.54) is 13.8 Å². The van der Waals surface area contributed by atoms with Gasteiger partial charge in [-0.15, -0.1) is 8.78 Å². The fourth-order valence-corrected chi connectivity index (χ4v) is 4.04. The highest BCUT2D eigenvalue weighted by Gasteiger charge is 2.52. The smallest absolute Gasteiger partial charge is 0.395 e. The van der Waals surface area contributed by atoms with Gasteiger partial charge in [-0.3, -0.25) is 4.79 Å². The van der Waals surface area contributed by atoms with Crippen molar-refractivity contribution in [1.29, 1.82) is 0 Å². The van der Waals surface area contributed by atoms with Crippen LogP contribution in [0.3, 0.4) is 0 Å². The summed E-state index contributed by atoms with van der Waals surface area (Å²) in [5, 5.41) is 19.9. The quantitative estimate of drug-likeness (QED) is 0.409. The number of Topliss-reactive ketones (excluding diaryl/α,β-unsaturated/α-hetero) is 1. The number of aliphatic hydroxyl groups is 2. The molecule has 2 heterocycles. The third-order valence-electron chi connectivity index (χ3n) is 6.51. The molecule has 1 saturated carbocycles. The first-order valence-corrected chi connectivity index (χ1v) is 11.2. The Labute approximate surface area is 229 Å². The van der Waals surface area contributed by atoms with Gasteiger partial charge in [0.2, 0.25) is 0 Å². The van der Waals surface area contributed by atoms with Crippen LogP contribution >= 0.6 is 0 Å². The maximum absolute atomic E-state index is 16.2. The predicted molar refractivity (Wildman–Crippen MR) is 131 cm³/mol. The Morgan fingerprint density at radius 1 is 1.30 bits per heavy atom. The van der Waals surface area contributed by atoms with Gasteiger partial charge in [0.1, 0.15) is 11.6 Å². The van der Waals surface area contributed by atoms with Crippen LogP contribution in [0.5, 0.6) is 11.5 Å². The van der Waals surface area contributed by atoms with Crippen LogP contribution in [-0.4, -0.2) is 39.5 Å². The number of halogens is 3. The van der Waals surface area contributed by atoms with Crippen LogP contribution in [0.1, 0.15) is 73.2 Å². The molecule has 1 atom stereocenters. The van der Waals surface area contributed by atoms with Gasteiger partial charge < -0.3 is 24.3 Å². The lowest BCUT2D eigenvalue weighted by molar-refractivity contribution is -0.286. The number of carbonyl (C=O) groups excluding carboxylic acids is 1. The maximum Gasteiger partial charge on any atom is 0.586 e. The summed E-state index contributed by atoms with van der Waals surface area (Å²) in [5.74, 6) is -4.20. The van der Waals surface area contributed by atoms with Crippen molar-refractivity contribution in [3.63, 3.8) is 0 Å². The lowest BCUT2D eigenvalue weighted by atomic mass is 9.86. The fraction of sp³-hybridized carbons (Fsp3) is 0.464. The molecule has 1 aliphatic heterocycles. The number of ketones is 1. The van der Waals surface area contributed by atoms with E-state index in [-0.39, 0.29) is 6.42 Å². The first-order valence-electron chi connectivity index (χ1n) is 17.2. The zero-order valence-electron chi connectivity index (χ0n) is 31.8. The zero-order chi connectivity index (χ0) is 37.5. The predicted octanol–water partition coefficient (Wildman–Crippen LogP) is 4.99. The van der Waals surface area contributed by atoms with Gasteiger partial charge in [-0.1, -0.05) is 26.8 Å². The average Bonchev–Trinajstić information content (AvgIpc) is 3.23. The standard InChI is InChI=1S/C28H30F3NO5/c1-4-26(2,3)24-10-17-9-16(20(29)13-21(17)32(24)14-19(34)15-33)11-25(35)27(7-8-27)18-5-6-22-23(12-18)37-28(30,31)36-22/h5-6,9-10,12-13,19,33-34H,4,7-8,11,14-15H2,1-3H3/t19-/m0/s1/i7D2,8D2,9D,10D,13D,14D2,15D2,19D. The van der Waals surface area contributed by atoms with E-state index in [0.717, 1.165) is 18.2 Å². The monoisotopic (exact) mass is 529 g/mol. The van der Waals surface area contributed by atoms with Crippen LogP contribution in [0.2, 0.25) is 0 Å². The lowest BCUT2D eigenvalue weighted by Gasteiger charge is -2.26. The molecule has 0 saturated heterocycles. The molecule has 5 rings (SSSR count). The Morgan fingerprint density at radius 2 is 2.00 bits per heavy atom. The normalized spacial score (nSPS) is 27.4. The molecule has 2 N–H and O–H groups in total. The molecule has 0 bridgehead atoms. The SMILES string of the molecule is [2H]c1c(CC(=O)C2(c3ccc4c(c3)OC(F)(F)O4)C([2H])([2H])C2([2H])[2H])c(F)c([2H])c2c1c([2H])c(C(C)(C)CC)n2C([2H])([2H])[C@]([2H])(O)C([2H])([2H])O. The Hall–Kier alpha value is -3.04. The second-order valence-electron chi connectivity index (χ2n) is 9.31.